The number of ether oxygens (including phenoxy) is 1. The fourth-order valence-electron chi connectivity index (χ4n) is 2.27. The summed E-state index contributed by atoms with van der Waals surface area (Å²) >= 11 is 0. The van der Waals surface area contributed by atoms with Gasteiger partial charge < -0.3 is 10.1 Å². The third-order valence-electron chi connectivity index (χ3n) is 3.31. The number of nitrogens with one attached hydrogen (secondary N) is 2. The van der Waals surface area contributed by atoms with Gasteiger partial charge in [-0.25, -0.2) is 13.1 Å². The number of methoxy groups -OCH3 is 1. The first-order valence-corrected chi connectivity index (χ1v) is 8.45. The first-order valence-electron chi connectivity index (χ1n) is 6.79. The van der Waals surface area contributed by atoms with Gasteiger partial charge in [-0.2, -0.15) is 0 Å². The molecule has 0 amide bonds. The molecule has 1 aliphatic rings. The zero-order chi connectivity index (χ0) is 13.4. The van der Waals surface area contributed by atoms with Crippen LogP contribution in [-0.2, 0) is 14.8 Å². The van der Waals surface area contributed by atoms with Gasteiger partial charge >= 0.3 is 0 Å². The molecule has 0 bridgehead atoms. The van der Waals surface area contributed by atoms with Crippen molar-refractivity contribution < 1.29 is 13.2 Å². The molecule has 1 fully saturated rings. The number of hydrogen-bond acceptors (Lipinski definition) is 4. The summed E-state index contributed by atoms with van der Waals surface area (Å²) < 4.78 is 31.0. The smallest absolute Gasteiger partial charge is 0.214 e. The van der Waals surface area contributed by atoms with Crippen molar-refractivity contribution in [1.29, 1.82) is 0 Å². The minimum absolute atomic E-state index is 0.0531. The maximum atomic E-state index is 11.7. The molecule has 108 valence electrons. The summed E-state index contributed by atoms with van der Waals surface area (Å²) in [5, 5.41) is 3.49. The van der Waals surface area contributed by atoms with E-state index in [1.54, 1.807) is 0 Å². The summed E-state index contributed by atoms with van der Waals surface area (Å²) in [6, 6.07) is 0.663. The predicted octanol–water partition coefficient (Wildman–Crippen LogP) is 0.863. The van der Waals surface area contributed by atoms with Crippen LogP contribution in [0.15, 0.2) is 0 Å². The molecule has 5 nitrogen and oxygen atoms in total. The first kappa shape index (κ1) is 15.9. The van der Waals surface area contributed by atoms with Crippen LogP contribution in [0.3, 0.4) is 0 Å². The van der Waals surface area contributed by atoms with Crippen LogP contribution < -0.4 is 10.0 Å². The molecule has 1 saturated carbocycles. The molecule has 0 unspecified atom stereocenters. The Morgan fingerprint density at radius 1 is 1.17 bits per heavy atom. The summed E-state index contributed by atoms with van der Waals surface area (Å²) in [6.45, 7) is 3.46. The lowest BCUT2D eigenvalue weighted by Gasteiger charge is -2.29. The Labute approximate surface area is 111 Å². The third kappa shape index (κ3) is 6.13. The Hall–Kier alpha value is -0.170. The standard InChI is InChI=1S/C12H26N2O3S/c1-3-8-13-11-4-6-12(7-5-11)14-18(15,16)10-9-17-2/h11-14H,3-10H2,1-2H3. The molecular formula is C12H26N2O3S. The van der Waals surface area contributed by atoms with E-state index in [1.807, 2.05) is 0 Å². The van der Waals surface area contributed by atoms with E-state index in [0.717, 1.165) is 38.6 Å². The molecule has 6 heteroatoms. The molecule has 1 rings (SSSR count). The number of hydrogen-bond donors (Lipinski definition) is 2. The monoisotopic (exact) mass is 278 g/mol. The maximum absolute atomic E-state index is 11.7. The van der Waals surface area contributed by atoms with E-state index in [0.29, 0.717) is 6.04 Å². The third-order valence-corrected chi connectivity index (χ3v) is 4.71. The van der Waals surface area contributed by atoms with Crippen LogP contribution >= 0.6 is 0 Å². The fraction of sp³-hybridized carbons (Fsp3) is 1.00. The highest BCUT2D eigenvalue weighted by Crippen LogP contribution is 2.19. The van der Waals surface area contributed by atoms with Crippen molar-refractivity contribution in [3.63, 3.8) is 0 Å². The summed E-state index contributed by atoms with van der Waals surface area (Å²) in [7, 11) is -1.66. The first-order chi connectivity index (χ1) is 8.57. The summed E-state index contributed by atoms with van der Waals surface area (Å²) in [5.41, 5.74) is 0. The molecule has 0 saturated heterocycles. The molecule has 0 aromatic rings. The zero-order valence-corrected chi connectivity index (χ0v) is 12.3. The Bertz CT molecular complexity index is 311. The molecule has 0 heterocycles. The van der Waals surface area contributed by atoms with E-state index in [-0.39, 0.29) is 18.4 Å². The van der Waals surface area contributed by atoms with E-state index >= 15 is 0 Å². The van der Waals surface area contributed by atoms with Gasteiger partial charge in [0.15, 0.2) is 0 Å². The molecule has 1 aliphatic carbocycles. The van der Waals surface area contributed by atoms with Crippen molar-refractivity contribution in [1.82, 2.24) is 10.0 Å². The predicted molar refractivity (Wildman–Crippen MR) is 73.1 cm³/mol. The maximum Gasteiger partial charge on any atom is 0.214 e. The lowest BCUT2D eigenvalue weighted by atomic mass is 9.92. The highest BCUT2D eigenvalue weighted by atomic mass is 32.2. The van der Waals surface area contributed by atoms with Crippen LogP contribution in [0, 0.1) is 0 Å². The van der Waals surface area contributed by atoms with Crippen molar-refractivity contribution in [2.24, 2.45) is 0 Å². The van der Waals surface area contributed by atoms with Gasteiger partial charge in [0.25, 0.3) is 0 Å². The minimum atomic E-state index is -3.17. The highest BCUT2D eigenvalue weighted by Gasteiger charge is 2.24. The van der Waals surface area contributed by atoms with Crippen LogP contribution in [0.2, 0.25) is 0 Å². The number of sulfonamides is 1. The zero-order valence-electron chi connectivity index (χ0n) is 11.4. The summed E-state index contributed by atoms with van der Waals surface area (Å²) in [6.07, 6.45) is 5.10. The van der Waals surface area contributed by atoms with Crippen LogP contribution in [0.4, 0.5) is 0 Å². The van der Waals surface area contributed by atoms with Crippen molar-refractivity contribution in [3.8, 4) is 0 Å². The normalized spacial score (nSPS) is 25.2. The topological polar surface area (TPSA) is 67.4 Å². The van der Waals surface area contributed by atoms with Crippen LogP contribution in [0.5, 0.6) is 0 Å². The number of rotatable bonds is 8. The van der Waals surface area contributed by atoms with Crippen molar-refractivity contribution in [2.75, 3.05) is 26.0 Å². The van der Waals surface area contributed by atoms with Crippen LogP contribution in [-0.4, -0.2) is 46.5 Å². The van der Waals surface area contributed by atoms with E-state index in [2.05, 4.69) is 17.0 Å². The summed E-state index contributed by atoms with van der Waals surface area (Å²) in [5.74, 6) is 0.0531. The van der Waals surface area contributed by atoms with Gasteiger partial charge in [-0.05, 0) is 38.6 Å². The van der Waals surface area contributed by atoms with Gasteiger partial charge in [-0.1, -0.05) is 6.92 Å². The Morgan fingerprint density at radius 2 is 1.78 bits per heavy atom. The van der Waals surface area contributed by atoms with Crippen LogP contribution in [0.1, 0.15) is 39.0 Å². The highest BCUT2D eigenvalue weighted by molar-refractivity contribution is 7.89. The molecular weight excluding hydrogens is 252 g/mol. The Balaban J connectivity index is 2.26. The molecule has 0 aromatic carbocycles. The Morgan fingerprint density at radius 3 is 2.33 bits per heavy atom. The lowest BCUT2D eigenvalue weighted by molar-refractivity contribution is 0.216. The second kappa shape index (κ2) is 8.09. The summed E-state index contributed by atoms with van der Waals surface area (Å²) in [4.78, 5) is 0. The van der Waals surface area contributed by atoms with Gasteiger partial charge in [0.1, 0.15) is 0 Å². The molecule has 0 aliphatic heterocycles. The lowest BCUT2D eigenvalue weighted by Crippen LogP contribution is -2.43. The van der Waals surface area contributed by atoms with E-state index < -0.39 is 10.0 Å². The van der Waals surface area contributed by atoms with E-state index in [1.165, 1.54) is 7.11 Å². The molecule has 2 N–H and O–H groups in total. The minimum Gasteiger partial charge on any atom is -0.384 e. The van der Waals surface area contributed by atoms with Crippen molar-refractivity contribution >= 4 is 10.0 Å². The van der Waals surface area contributed by atoms with Gasteiger partial charge in [0, 0.05) is 19.2 Å². The fourth-order valence-corrected chi connectivity index (χ4v) is 3.52. The average Bonchev–Trinajstić information content (AvgIpc) is 2.35. The Kier molecular flexibility index (Phi) is 7.14. The molecule has 0 atom stereocenters. The van der Waals surface area contributed by atoms with E-state index in [9.17, 15) is 8.42 Å². The molecule has 18 heavy (non-hydrogen) atoms. The van der Waals surface area contributed by atoms with Crippen LogP contribution in [0.25, 0.3) is 0 Å². The van der Waals surface area contributed by atoms with Gasteiger partial charge in [-0.3, -0.25) is 0 Å². The van der Waals surface area contributed by atoms with Crippen molar-refractivity contribution in [3.05, 3.63) is 0 Å². The van der Waals surface area contributed by atoms with Gasteiger partial charge in [0.2, 0.25) is 10.0 Å². The molecule has 0 aromatic heterocycles. The van der Waals surface area contributed by atoms with E-state index in [4.69, 9.17) is 4.74 Å². The molecule has 0 radical (unpaired) electrons. The largest absolute Gasteiger partial charge is 0.384 e. The van der Waals surface area contributed by atoms with Crippen molar-refractivity contribution in [2.45, 2.75) is 51.1 Å². The van der Waals surface area contributed by atoms with Gasteiger partial charge in [-0.15, -0.1) is 0 Å². The molecule has 0 spiro atoms. The second-order valence-corrected chi connectivity index (χ2v) is 6.81. The van der Waals surface area contributed by atoms with Gasteiger partial charge in [0.05, 0.1) is 12.4 Å². The quantitative estimate of drug-likeness (QED) is 0.691. The SMILES string of the molecule is CCCNC1CCC(NS(=O)(=O)CCOC)CC1. The second-order valence-electron chi connectivity index (χ2n) is 4.93. The average molecular weight is 278 g/mol.